The maximum Gasteiger partial charge on any atom is 0.0614 e. The SMILES string of the molecule is CC(Nc1cc(Cl)c(Cl)cc1N)C1CC2CCC1C2. The Morgan fingerprint density at radius 2 is 1.95 bits per heavy atom. The summed E-state index contributed by atoms with van der Waals surface area (Å²) < 4.78 is 0. The van der Waals surface area contributed by atoms with E-state index in [9.17, 15) is 0 Å². The summed E-state index contributed by atoms with van der Waals surface area (Å²) >= 11 is 12.0. The Morgan fingerprint density at radius 1 is 1.21 bits per heavy atom. The first-order valence-electron chi connectivity index (χ1n) is 7.05. The minimum atomic E-state index is 0.440. The lowest BCUT2D eigenvalue weighted by atomic mass is 9.84. The van der Waals surface area contributed by atoms with Crippen molar-refractivity contribution in [2.45, 2.75) is 38.6 Å². The topological polar surface area (TPSA) is 38.0 Å². The highest BCUT2D eigenvalue weighted by Gasteiger charge is 2.41. The Bertz CT molecular complexity index is 489. The minimum Gasteiger partial charge on any atom is -0.397 e. The number of rotatable bonds is 3. The van der Waals surface area contributed by atoms with Crippen molar-refractivity contribution in [3.63, 3.8) is 0 Å². The molecule has 3 N–H and O–H groups in total. The van der Waals surface area contributed by atoms with Gasteiger partial charge in [0.25, 0.3) is 0 Å². The van der Waals surface area contributed by atoms with E-state index in [1.165, 1.54) is 25.7 Å². The molecule has 104 valence electrons. The maximum absolute atomic E-state index is 6.06. The molecule has 2 fully saturated rings. The van der Waals surface area contributed by atoms with Crippen LogP contribution in [0.1, 0.15) is 32.6 Å². The van der Waals surface area contributed by atoms with Crippen molar-refractivity contribution in [1.29, 1.82) is 0 Å². The van der Waals surface area contributed by atoms with Crippen LogP contribution in [0.15, 0.2) is 12.1 Å². The molecule has 4 atom stereocenters. The predicted molar refractivity (Wildman–Crippen MR) is 82.9 cm³/mol. The minimum absolute atomic E-state index is 0.440. The predicted octanol–water partition coefficient (Wildman–Crippen LogP) is 4.81. The van der Waals surface area contributed by atoms with Gasteiger partial charge in [-0.3, -0.25) is 0 Å². The fraction of sp³-hybridized carbons (Fsp3) is 0.600. The van der Waals surface area contributed by atoms with Crippen molar-refractivity contribution in [3.8, 4) is 0 Å². The number of halogens is 2. The van der Waals surface area contributed by atoms with E-state index in [0.29, 0.717) is 21.8 Å². The van der Waals surface area contributed by atoms with Gasteiger partial charge in [0.05, 0.1) is 21.4 Å². The number of nitrogens with two attached hydrogens (primary N) is 1. The Morgan fingerprint density at radius 3 is 2.58 bits per heavy atom. The van der Waals surface area contributed by atoms with Crippen molar-refractivity contribution >= 4 is 34.6 Å². The molecule has 0 radical (unpaired) electrons. The van der Waals surface area contributed by atoms with Crippen LogP contribution in [0, 0.1) is 17.8 Å². The Kier molecular flexibility index (Phi) is 3.57. The molecule has 2 nitrogen and oxygen atoms in total. The van der Waals surface area contributed by atoms with E-state index in [4.69, 9.17) is 28.9 Å². The van der Waals surface area contributed by atoms with Gasteiger partial charge in [-0.15, -0.1) is 0 Å². The maximum atomic E-state index is 6.06. The summed E-state index contributed by atoms with van der Waals surface area (Å²) in [7, 11) is 0. The molecule has 2 aliphatic carbocycles. The Hall–Kier alpha value is -0.600. The normalized spacial score (nSPS) is 30.6. The van der Waals surface area contributed by atoms with Gasteiger partial charge in [0, 0.05) is 6.04 Å². The summed E-state index contributed by atoms with van der Waals surface area (Å²) in [5, 5.41) is 4.60. The van der Waals surface area contributed by atoms with E-state index < -0.39 is 0 Å². The molecule has 19 heavy (non-hydrogen) atoms. The molecule has 0 heterocycles. The molecule has 2 aliphatic rings. The van der Waals surface area contributed by atoms with Gasteiger partial charge >= 0.3 is 0 Å². The van der Waals surface area contributed by atoms with Crippen LogP contribution in [0.25, 0.3) is 0 Å². The molecule has 0 saturated heterocycles. The van der Waals surface area contributed by atoms with Gasteiger partial charge in [0.15, 0.2) is 0 Å². The zero-order valence-electron chi connectivity index (χ0n) is 11.1. The zero-order chi connectivity index (χ0) is 13.6. The lowest BCUT2D eigenvalue weighted by molar-refractivity contribution is 0.304. The van der Waals surface area contributed by atoms with Crippen LogP contribution in [0.2, 0.25) is 10.0 Å². The van der Waals surface area contributed by atoms with Gasteiger partial charge < -0.3 is 11.1 Å². The van der Waals surface area contributed by atoms with Crippen LogP contribution >= 0.6 is 23.2 Å². The summed E-state index contributed by atoms with van der Waals surface area (Å²) in [6.07, 6.45) is 5.62. The van der Waals surface area contributed by atoms with Crippen LogP contribution in [-0.2, 0) is 0 Å². The number of anilines is 2. The molecule has 0 aromatic heterocycles. The molecule has 4 unspecified atom stereocenters. The van der Waals surface area contributed by atoms with Gasteiger partial charge in [-0.05, 0) is 56.1 Å². The van der Waals surface area contributed by atoms with E-state index >= 15 is 0 Å². The summed E-state index contributed by atoms with van der Waals surface area (Å²) in [5.74, 6) is 2.63. The van der Waals surface area contributed by atoms with Gasteiger partial charge in [0.1, 0.15) is 0 Å². The molecular formula is C15H20Cl2N2. The van der Waals surface area contributed by atoms with Crippen molar-refractivity contribution in [2.75, 3.05) is 11.1 Å². The van der Waals surface area contributed by atoms with Gasteiger partial charge in [-0.1, -0.05) is 29.6 Å². The lowest BCUT2D eigenvalue weighted by Crippen LogP contribution is -2.30. The molecule has 4 heteroatoms. The summed E-state index contributed by atoms with van der Waals surface area (Å²) in [4.78, 5) is 0. The van der Waals surface area contributed by atoms with E-state index in [-0.39, 0.29) is 0 Å². The third-order valence-corrected chi connectivity index (χ3v) is 5.63. The molecule has 1 aromatic carbocycles. The quantitative estimate of drug-likeness (QED) is 0.786. The highest BCUT2D eigenvalue weighted by atomic mass is 35.5. The smallest absolute Gasteiger partial charge is 0.0614 e. The summed E-state index contributed by atoms with van der Waals surface area (Å²) in [6, 6.07) is 4.00. The van der Waals surface area contributed by atoms with E-state index in [2.05, 4.69) is 12.2 Å². The van der Waals surface area contributed by atoms with E-state index in [1.54, 1.807) is 6.07 Å². The molecule has 2 bridgehead atoms. The number of fused-ring (bicyclic) bond motifs is 2. The Balaban J connectivity index is 1.73. The number of hydrogen-bond donors (Lipinski definition) is 2. The fourth-order valence-corrected chi connectivity index (χ4v) is 4.28. The van der Waals surface area contributed by atoms with Crippen LogP contribution < -0.4 is 11.1 Å². The molecule has 2 saturated carbocycles. The van der Waals surface area contributed by atoms with Crippen LogP contribution in [0.3, 0.4) is 0 Å². The largest absolute Gasteiger partial charge is 0.397 e. The zero-order valence-corrected chi connectivity index (χ0v) is 12.6. The van der Waals surface area contributed by atoms with Crippen LogP contribution in [0.5, 0.6) is 0 Å². The average Bonchev–Trinajstić information content (AvgIpc) is 2.98. The van der Waals surface area contributed by atoms with Gasteiger partial charge in [0.2, 0.25) is 0 Å². The first-order chi connectivity index (χ1) is 9.04. The molecule has 1 aromatic rings. The van der Waals surface area contributed by atoms with E-state index in [0.717, 1.165) is 23.4 Å². The lowest BCUT2D eigenvalue weighted by Gasteiger charge is -2.29. The highest BCUT2D eigenvalue weighted by molar-refractivity contribution is 6.42. The third kappa shape index (κ3) is 2.53. The second kappa shape index (κ2) is 5.06. The van der Waals surface area contributed by atoms with Crippen LogP contribution in [-0.4, -0.2) is 6.04 Å². The second-order valence-electron chi connectivity index (χ2n) is 6.13. The number of benzene rings is 1. The number of nitrogens with one attached hydrogen (secondary N) is 1. The molecule has 0 spiro atoms. The first kappa shape index (κ1) is 13.4. The summed E-state index contributed by atoms with van der Waals surface area (Å²) in [6.45, 7) is 2.26. The number of hydrogen-bond acceptors (Lipinski definition) is 2. The third-order valence-electron chi connectivity index (χ3n) is 4.91. The second-order valence-corrected chi connectivity index (χ2v) is 6.94. The fourth-order valence-electron chi connectivity index (χ4n) is 3.95. The summed E-state index contributed by atoms with van der Waals surface area (Å²) in [5.41, 5.74) is 7.59. The highest BCUT2D eigenvalue weighted by Crippen LogP contribution is 2.50. The Labute approximate surface area is 124 Å². The average molecular weight is 299 g/mol. The van der Waals surface area contributed by atoms with Crippen molar-refractivity contribution < 1.29 is 0 Å². The van der Waals surface area contributed by atoms with Gasteiger partial charge in [-0.25, -0.2) is 0 Å². The monoisotopic (exact) mass is 298 g/mol. The molecule has 3 rings (SSSR count). The van der Waals surface area contributed by atoms with E-state index in [1.807, 2.05) is 6.07 Å². The first-order valence-corrected chi connectivity index (χ1v) is 7.81. The molecule has 0 aliphatic heterocycles. The van der Waals surface area contributed by atoms with Crippen molar-refractivity contribution in [2.24, 2.45) is 17.8 Å². The van der Waals surface area contributed by atoms with Crippen LogP contribution in [0.4, 0.5) is 11.4 Å². The molecular weight excluding hydrogens is 279 g/mol. The van der Waals surface area contributed by atoms with Crippen molar-refractivity contribution in [1.82, 2.24) is 0 Å². The van der Waals surface area contributed by atoms with Gasteiger partial charge in [-0.2, -0.15) is 0 Å². The standard InChI is InChI=1S/C15H20Cl2N2/c1-8(11-5-9-2-3-10(11)4-9)19-15-7-13(17)12(16)6-14(15)18/h6-11,19H,2-5,18H2,1H3. The van der Waals surface area contributed by atoms with Crippen molar-refractivity contribution in [3.05, 3.63) is 22.2 Å². The molecule has 0 amide bonds. The number of nitrogen functional groups attached to an aromatic ring is 1.